The average molecular weight is 535 g/mol. The number of pyridine rings is 1. The molecular formula is C35H23N2PS. The van der Waals surface area contributed by atoms with Crippen LogP contribution in [0, 0.1) is 0 Å². The molecule has 0 spiro atoms. The lowest BCUT2D eigenvalue weighted by Crippen LogP contribution is -2.24. The molecule has 8 rings (SSSR count). The van der Waals surface area contributed by atoms with Gasteiger partial charge in [-0.3, -0.25) is 4.40 Å². The quantitative estimate of drug-likeness (QED) is 0.131. The molecule has 0 unspecified atom stereocenters. The number of imidazole rings is 1. The Balaban J connectivity index is 1.46. The zero-order chi connectivity index (χ0) is 26.0. The highest BCUT2D eigenvalue weighted by atomic mass is 32.4. The van der Waals surface area contributed by atoms with Crippen LogP contribution in [0.25, 0.3) is 49.1 Å². The normalized spacial score (nSPS) is 12.2. The van der Waals surface area contributed by atoms with Crippen LogP contribution < -0.4 is 15.9 Å². The number of benzene rings is 6. The molecule has 0 radical (unpaired) electrons. The first-order valence-electron chi connectivity index (χ1n) is 13.1. The zero-order valence-corrected chi connectivity index (χ0v) is 22.7. The van der Waals surface area contributed by atoms with E-state index in [4.69, 9.17) is 16.8 Å². The van der Waals surface area contributed by atoms with Gasteiger partial charge in [-0.25, -0.2) is 4.98 Å². The van der Waals surface area contributed by atoms with Crippen molar-refractivity contribution in [1.29, 1.82) is 0 Å². The largest absolute Gasteiger partial charge is 0.292 e. The molecule has 0 bridgehead atoms. The van der Waals surface area contributed by atoms with Gasteiger partial charge < -0.3 is 0 Å². The van der Waals surface area contributed by atoms with Crippen LogP contribution in [-0.2, 0) is 11.8 Å². The zero-order valence-electron chi connectivity index (χ0n) is 21.0. The first kappa shape index (κ1) is 22.7. The Morgan fingerprint density at radius 3 is 1.85 bits per heavy atom. The lowest BCUT2D eigenvalue weighted by Gasteiger charge is -2.24. The molecule has 0 N–H and O–H groups in total. The van der Waals surface area contributed by atoms with E-state index in [9.17, 15) is 0 Å². The molecule has 184 valence electrons. The molecule has 0 atom stereocenters. The molecule has 0 amide bonds. The number of fused-ring (bicyclic) bond motifs is 9. The van der Waals surface area contributed by atoms with E-state index >= 15 is 0 Å². The van der Waals surface area contributed by atoms with E-state index in [0.29, 0.717) is 0 Å². The maximum Gasteiger partial charge on any atom is 0.146 e. The van der Waals surface area contributed by atoms with Crippen molar-refractivity contribution in [2.75, 3.05) is 0 Å². The van der Waals surface area contributed by atoms with Crippen molar-refractivity contribution in [3.63, 3.8) is 0 Å². The lowest BCUT2D eigenvalue weighted by atomic mass is 10.0. The number of aromatic nitrogens is 2. The summed E-state index contributed by atoms with van der Waals surface area (Å²) in [5.74, 6) is 0. The fraction of sp³-hybridized carbons (Fsp3) is 0. The summed E-state index contributed by atoms with van der Waals surface area (Å²) in [6.07, 6.45) is 0. The number of para-hydroxylation sites is 3. The summed E-state index contributed by atoms with van der Waals surface area (Å²) in [6, 6.07) is 47.5. The van der Waals surface area contributed by atoms with E-state index in [0.717, 1.165) is 22.1 Å². The monoisotopic (exact) mass is 534 g/mol. The Bertz CT molecular complexity index is 2210. The summed E-state index contributed by atoms with van der Waals surface area (Å²) in [7, 11) is 0. The highest BCUT2D eigenvalue weighted by Gasteiger charge is 2.25. The smallest absolute Gasteiger partial charge is 0.146 e. The molecule has 4 heteroatoms. The van der Waals surface area contributed by atoms with Crippen LogP contribution in [0.3, 0.4) is 0 Å². The molecule has 2 aromatic heterocycles. The van der Waals surface area contributed by atoms with Crippen LogP contribution in [-0.4, -0.2) is 9.38 Å². The fourth-order valence-electron chi connectivity index (χ4n) is 5.96. The second-order valence-electron chi connectivity index (χ2n) is 9.99. The van der Waals surface area contributed by atoms with Crippen molar-refractivity contribution in [3.05, 3.63) is 140 Å². The third kappa shape index (κ3) is 3.34. The van der Waals surface area contributed by atoms with Crippen molar-refractivity contribution in [2.45, 2.75) is 0 Å². The van der Waals surface area contributed by atoms with Crippen LogP contribution in [0.4, 0.5) is 0 Å². The van der Waals surface area contributed by atoms with Crippen LogP contribution >= 0.6 is 6.04 Å². The summed E-state index contributed by atoms with van der Waals surface area (Å²) in [6.45, 7) is 0. The minimum absolute atomic E-state index is 0.995. The Morgan fingerprint density at radius 2 is 1.10 bits per heavy atom. The predicted octanol–water partition coefficient (Wildman–Crippen LogP) is 7.70. The van der Waals surface area contributed by atoms with Gasteiger partial charge in [0.2, 0.25) is 0 Å². The molecule has 0 fully saturated rings. The summed E-state index contributed by atoms with van der Waals surface area (Å²) in [5, 5.41) is 9.62. The number of rotatable bonds is 3. The number of hydrogen-bond acceptors (Lipinski definition) is 2. The lowest BCUT2D eigenvalue weighted by molar-refractivity contribution is 1.32. The molecule has 8 aromatic rings. The maximum absolute atomic E-state index is 6.64. The van der Waals surface area contributed by atoms with Crippen molar-refractivity contribution in [3.8, 4) is 0 Å². The minimum Gasteiger partial charge on any atom is -0.292 e. The van der Waals surface area contributed by atoms with E-state index in [1.807, 2.05) is 0 Å². The molecule has 0 aliphatic heterocycles. The molecule has 2 nitrogen and oxygen atoms in total. The van der Waals surface area contributed by atoms with Gasteiger partial charge in [0.15, 0.2) is 0 Å². The highest BCUT2D eigenvalue weighted by molar-refractivity contribution is 8.25. The first-order valence-corrected chi connectivity index (χ1v) is 15.9. The van der Waals surface area contributed by atoms with Crippen molar-refractivity contribution < 1.29 is 0 Å². The van der Waals surface area contributed by atoms with E-state index in [2.05, 4.69) is 144 Å². The third-order valence-electron chi connectivity index (χ3n) is 7.80. The molecule has 39 heavy (non-hydrogen) atoms. The first-order chi connectivity index (χ1) is 19.2. The molecule has 2 heterocycles. The van der Waals surface area contributed by atoms with Gasteiger partial charge in [0.1, 0.15) is 5.65 Å². The Morgan fingerprint density at radius 1 is 0.487 bits per heavy atom. The van der Waals surface area contributed by atoms with Gasteiger partial charge in [0.25, 0.3) is 0 Å². The number of hydrogen-bond donors (Lipinski definition) is 0. The molecule has 0 saturated heterocycles. The predicted molar refractivity (Wildman–Crippen MR) is 171 cm³/mol. The summed E-state index contributed by atoms with van der Waals surface area (Å²) >= 11 is 6.64. The summed E-state index contributed by atoms with van der Waals surface area (Å²) in [5.41, 5.74) is 4.31. The molecular weight excluding hydrogens is 511 g/mol. The molecule has 0 aliphatic rings. The molecule has 0 aliphatic carbocycles. The van der Waals surface area contributed by atoms with Gasteiger partial charge in [0, 0.05) is 16.8 Å². The van der Waals surface area contributed by atoms with E-state index in [-0.39, 0.29) is 0 Å². The number of nitrogens with zero attached hydrogens (tertiary/aromatic N) is 2. The van der Waals surface area contributed by atoms with Crippen molar-refractivity contribution >= 4 is 82.9 Å². The summed E-state index contributed by atoms with van der Waals surface area (Å²) < 4.78 is 2.30. The Kier molecular flexibility index (Phi) is 5.00. The second kappa shape index (κ2) is 8.61. The van der Waals surface area contributed by atoms with Crippen LogP contribution in [0.1, 0.15) is 0 Å². The van der Waals surface area contributed by atoms with Crippen LogP contribution in [0.2, 0.25) is 0 Å². The van der Waals surface area contributed by atoms with Gasteiger partial charge >= 0.3 is 0 Å². The topological polar surface area (TPSA) is 17.3 Å². The maximum atomic E-state index is 6.64. The Hall–Kier alpha value is -4.30. The second-order valence-corrected chi connectivity index (χ2v) is 14.4. The average Bonchev–Trinajstić information content (AvgIpc) is 3.41. The van der Waals surface area contributed by atoms with Crippen LogP contribution in [0.15, 0.2) is 140 Å². The third-order valence-corrected chi connectivity index (χ3v) is 12.8. The fourth-order valence-corrected chi connectivity index (χ4v) is 9.71. The van der Waals surface area contributed by atoms with E-state index in [1.165, 1.54) is 43.0 Å². The summed E-state index contributed by atoms with van der Waals surface area (Å²) in [4.78, 5) is 5.09. The minimum atomic E-state index is -2.23. The van der Waals surface area contributed by atoms with Crippen molar-refractivity contribution in [1.82, 2.24) is 9.38 Å². The van der Waals surface area contributed by atoms with Gasteiger partial charge in [-0.1, -0.05) is 115 Å². The molecule has 0 saturated carbocycles. The standard InChI is InChI=1S/C35H23N2PS/c39-38(26-11-3-1-4-12-26,27-13-5-2-6-14-27)28-20-19-24-22-31-30(23-25(24)21-28)29-15-7-9-17-33(29)37-34-18-10-8-16-32(34)36-35(31)37/h1-23H. The molecule has 6 aromatic carbocycles. The van der Waals surface area contributed by atoms with Gasteiger partial charge in [-0.05, 0) is 68.5 Å². The highest BCUT2D eigenvalue weighted by Crippen LogP contribution is 2.44. The van der Waals surface area contributed by atoms with Gasteiger partial charge in [-0.2, -0.15) is 0 Å². The van der Waals surface area contributed by atoms with E-state index < -0.39 is 6.04 Å². The van der Waals surface area contributed by atoms with E-state index in [1.54, 1.807) is 0 Å². The van der Waals surface area contributed by atoms with Gasteiger partial charge in [-0.15, -0.1) is 0 Å². The SMILES string of the molecule is S=P(c1ccccc1)(c1ccccc1)c1ccc2cc3c(cc2c1)c1ccccc1n1c2ccccc2nc31. The van der Waals surface area contributed by atoms with Gasteiger partial charge in [0.05, 0.1) is 16.6 Å². The van der Waals surface area contributed by atoms with Crippen LogP contribution in [0.5, 0.6) is 0 Å². The Labute approximate surface area is 231 Å². The van der Waals surface area contributed by atoms with Crippen molar-refractivity contribution in [2.24, 2.45) is 0 Å².